The summed E-state index contributed by atoms with van der Waals surface area (Å²) in [6, 6.07) is 24.8. The Bertz CT molecular complexity index is 1410. The van der Waals surface area contributed by atoms with E-state index < -0.39 is 12.0 Å². The van der Waals surface area contributed by atoms with Crippen molar-refractivity contribution in [2.24, 2.45) is 0 Å². The molecule has 6 rings (SSSR count). The lowest BCUT2D eigenvalue weighted by molar-refractivity contribution is -0.138. The third-order valence-corrected chi connectivity index (χ3v) is 9.43. The predicted molar refractivity (Wildman–Crippen MR) is 154 cm³/mol. The number of carbonyl (C=O) groups is 1. The average molecular weight is 547 g/mol. The molecule has 2 aliphatic heterocycles. The molecule has 2 N–H and O–H groups in total. The topological polar surface area (TPSA) is 77.9 Å². The highest BCUT2D eigenvalue weighted by Crippen LogP contribution is 2.38. The van der Waals surface area contributed by atoms with Crippen molar-refractivity contribution in [3.63, 3.8) is 0 Å². The van der Waals surface area contributed by atoms with E-state index in [2.05, 4.69) is 69.7 Å². The molecule has 0 saturated carbocycles. The smallest absolute Gasteiger partial charge is 0.321 e. The van der Waals surface area contributed by atoms with Crippen LogP contribution in [-0.4, -0.2) is 58.9 Å². The van der Waals surface area contributed by atoms with Crippen molar-refractivity contribution < 1.29 is 14.6 Å². The van der Waals surface area contributed by atoms with Crippen LogP contribution in [-0.2, 0) is 17.9 Å². The molecule has 4 aromatic rings. The Labute approximate surface area is 230 Å². The highest BCUT2D eigenvalue weighted by Gasteiger charge is 2.32. The molecule has 2 atom stereocenters. The summed E-state index contributed by atoms with van der Waals surface area (Å²) in [5.74, 6) is 0.546. The van der Waals surface area contributed by atoms with Gasteiger partial charge in [0.1, 0.15) is 28.8 Å². The molecule has 1 unspecified atom stereocenters. The number of piperazine rings is 1. The molecule has 0 spiro atoms. The number of fused-ring (bicyclic) bond motifs is 1. The Morgan fingerprint density at radius 3 is 2.61 bits per heavy atom. The molecule has 2 aliphatic rings. The third-order valence-electron chi connectivity index (χ3n) is 6.98. The molecule has 7 nitrogen and oxygen atoms in total. The van der Waals surface area contributed by atoms with Crippen LogP contribution in [0.25, 0.3) is 10.2 Å². The first-order chi connectivity index (χ1) is 18.6. The second-order valence-corrected chi connectivity index (χ2v) is 11.9. The second kappa shape index (κ2) is 11.3. The Morgan fingerprint density at radius 2 is 1.82 bits per heavy atom. The number of nitrogens with zero attached hydrogens (tertiary/aromatic N) is 3. The predicted octanol–water partition coefficient (Wildman–Crippen LogP) is 4.99. The quantitative estimate of drug-likeness (QED) is 0.320. The largest absolute Gasteiger partial charge is 0.489 e. The van der Waals surface area contributed by atoms with Crippen molar-refractivity contribution in [3.05, 3.63) is 88.9 Å². The van der Waals surface area contributed by atoms with Crippen LogP contribution in [0.5, 0.6) is 5.75 Å². The van der Waals surface area contributed by atoms with E-state index in [9.17, 15) is 9.90 Å². The van der Waals surface area contributed by atoms with Crippen molar-refractivity contribution in [1.29, 1.82) is 0 Å². The summed E-state index contributed by atoms with van der Waals surface area (Å²) in [5.41, 5.74) is 4.68. The molecule has 3 heterocycles. The molecule has 9 heteroatoms. The number of aromatic nitrogens is 1. The summed E-state index contributed by atoms with van der Waals surface area (Å²) < 4.78 is 7.20. The molecule has 0 amide bonds. The molecule has 2 fully saturated rings. The zero-order chi connectivity index (χ0) is 25.9. The minimum atomic E-state index is -0.813. The molecule has 3 aromatic carbocycles. The van der Waals surface area contributed by atoms with E-state index in [1.54, 1.807) is 23.1 Å². The molecule has 2 saturated heterocycles. The van der Waals surface area contributed by atoms with Crippen molar-refractivity contribution in [1.82, 2.24) is 15.2 Å². The number of thioether (sulfide) groups is 1. The SMILES string of the molecule is O=C(O)C1CS[C@@H](c2nc3ccc(OCc4cccc(CN5CCN(c6ccccc6)CC5)c4)cc3s2)N1. The molecular weight excluding hydrogens is 516 g/mol. The number of benzene rings is 3. The summed E-state index contributed by atoms with van der Waals surface area (Å²) in [4.78, 5) is 20.9. The van der Waals surface area contributed by atoms with Crippen molar-refractivity contribution in [2.45, 2.75) is 24.6 Å². The maximum Gasteiger partial charge on any atom is 0.321 e. The zero-order valence-corrected chi connectivity index (χ0v) is 22.6. The van der Waals surface area contributed by atoms with Gasteiger partial charge in [-0.2, -0.15) is 0 Å². The highest BCUT2D eigenvalue weighted by atomic mass is 32.2. The van der Waals surface area contributed by atoms with E-state index in [-0.39, 0.29) is 5.37 Å². The lowest BCUT2D eigenvalue weighted by atomic mass is 10.1. The van der Waals surface area contributed by atoms with E-state index in [0.717, 1.165) is 59.3 Å². The van der Waals surface area contributed by atoms with E-state index >= 15 is 0 Å². The van der Waals surface area contributed by atoms with Crippen LogP contribution in [0, 0.1) is 0 Å². The maximum atomic E-state index is 11.3. The van der Waals surface area contributed by atoms with Gasteiger partial charge in [0, 0.05) is 44.2 Å². The van der Waals surface area contributed by atoms with Crippen LogP contribution in [0.4, 0.5) is 5.69 Å². The number of anilines is 1. The van der Waals surface area contributed by atoms with Gasteiger partial charge in [0.15, 0.2) is 0 Å². The average Bonchev–Trinajstić information content (AvgIpc) is 3.61. The van der Waals surface area contributed by atoms with Gasteiger partial charge in [-0.15, -0.1) is 23.1 Å². The first kappa shape index (κ1) is 25.2. The van der Waals surface area contributed by atoms with Crippen molar-refractivity contribution in [2.75, 3.05) is 36.8 Å². The highest BCUT2D eigenvalue weighted by molar-refractivity contribution is 7.99. The van der Waals surface area contributed by atoms with Gasteiger partial charge in [-0.3, -0.25) is 15.0 Å². The summed E-state index contributed by atoms with van der Waals surface area (Å²) >= 11 is 3.18. The normalized spacial score (nSPS) is 20.2. The maximum absolute atomic E-state index is 11.3. The first-order valence-corrected chi connectivity index (χ1v) is 14.7. The molecule has 0 bridgehead atoms. The second-order valence-electron chi connectivity index (χ2n) is 9.66. The van der Waals surface area contributed by atoms with Crippen LogP contribution in [0.15, 0.2) is 72.8 Å². The van der Waals surface area contributed by atoms with Gasteiger partial charge >= 0.3 is 5.97 Å². The fraction of sp³-hybridized carbons (Fsp3) is 0.310. The number of aliphatic carboxylic acids is 1. The molecule has 0 radical (unpaired) electrons. The van der Waals surface area contributed by atoms with Gasteiger partial charge in [-0.1, -0.05) is 42.5 Å². The van der Waals surface area contributed by atoms with Crippen LogP contribution in [0.1, 0.15) is 21.5 Å². The summed E-state index contributed by atoms with van der Waals surface area (Å²) in [6.07, 6.45) is 0. The van der Waals surface area contributed by atoms with Gasteiger partial charge in [-0.25, -0.2) is 4.98 Å². The fourth-order valence-corrected chi connectivity index (χ4v) is 7.29. The van der Waals surface area contributed by atoms with Crippen LogP contribution >= 0.6 is 23.1 Å². The number of thiazole rings is 1. The summed E-state index contributed by atoms with van der Waals surface area (Å²) in [6.45, 7) is 5.65. The molecule has 38 heavy (non-hydrogen) atoms. The Balaban J connectivity index is 1.04. The Kier molecular flexibility index (Phi) is 7.51. The number of carboxylic acids is 1. The van der Waals surface area contributed by atoms with E-state index in [0.29, 0.717) is 12.4 Å². The number of carboxylic acid groups (broad SMARTS) is 1. The number of nitrogens with one attached hydrogen (secondary N) is 1. The van der Waals surface area contributed by atoms with Gasteiger partial charge in [0.2, 0.25) is 0 Å². The van der Waals surface area contributed by atoms with Crippen LogP contribution in [0.2, 0.25) is 0 Å². The van der Waals surface area contributed by atoms with E-state index in [4.69, 9.17) is 9.72 Å². The Morgan fingerprint density at radius 1 is 1.00 bits per heavy atom. The van der Waals surface area contributed by atoms with Crippen LogP contribution in [0.3, 0.4) is 0 Å². The van der Waals surface area contributed by atoms with Gasteiger partial charge < -0.3 is 14.7 Å². The first-order valence-electron chi connectivity index (χ1n) is 12.8. The van der Waals surface area contributed by atoms with E-state index in [1.807, 2.05) is 18.2 Å². The number of ether oxygens (including phenoxy) is 1. The van der Waals surface area contributed by atoms with Gasteiger partial charge in [-0.05, 0) is 41.5 Å². The third kappa shape index (κ3) is 5.81. The zero-order valence-electron chi connectivity index (χ0n) is 21.0. The molecule has 0 aliphatic carbocycles. The fourth-order valence-electron chi connectivity index (χ4n) is 4.93. The standard InChI is InChI=1S/C29H30N4O3S2/c34-29(35)25-19-37-27(31-25)28-30-24-10-9-23(16-26(24)38-28)36-18-21-6-4-5-20(15-21)17-32-11-13-33(14-12-32)22-7-2-1-3-8-22/h1-10,15-16,25,27,31H,11-14,17-19H2,(H,34,35)/t25?,27-/m0/s1. The number of para-hydroxylation sites is 1. The summed E-state index contributed by atoms with van der Waals surface area (Å²) in [7, 11) is 0. The number of rotatable bonds is 8. The van der Waals surface area contributed by atoms with Crippen LogP contribution < -0.4 is 15.0 Å². The van der Waals surface area contributed by atoms with Crippen molar-refractivity contribution in [3.8, 4) is 5.75 Å². The van der Waals surface area contributed by atoms with E-state index in [1.165, 1.54) is 11.3 Å². The molecular formula is C29H30N4O3S2. The molecule has 196 valence electrons. The number of hydrogen-bond acceptors (Lipinski definition) is 8. The monoisotopic (exact) mass is 546 g/mol. The number of hydrogen-bond donors (Lipinski definition) is 2. The minimum Gasteiger partial charge on any atom is -0.489 e. The van der Waals surface area contributed by atoms with Gasteiger partial charge in [0.25, 0.3) is 0 Å². The van der Waals surface area contributed by atoms with Gasteiger partial charge in [0.05, 0.1) is 10.2 Å². The van der Waals surface area contributed by atoms with Crippen molar-refractivity contribution >= 4 is 45.0 Å². The Hall–Kier alpha value is -3.11. The summed E-state index contributed by atoms with van der Waals surface area (Å²) in [5, 5.41) is 13.2. The molecule has 1 aromatic heterocycles. The lowest BCUT2D eigenvalue weighted by Gasteiger charge is -2.36. The lowest BCUT2D eigenvalue weighted by Crippen LogP contribution is -2.45. The minimum absolute atomic E-state index is 0.0816.